The lowest BCUT2D eigenvalue weighted by Crippen LogP contribution is -2.39. The maximum Gasteiger partial charge on any atom is 0.308 e. The molecule has 3 N–H and O–H groups in total. The first kappa shape index (κ1) is 14.3. The average Bonchev–Trinajstić information content (AvgIpc) is 2.78. The number of hydrazine groups is 1. The Balaban J connectivity index is 1.77. The van der Waals surface area contributed by atoms with Crippen molar-refractivity contribution in [3.05, 3.63) is 24.4 Å². The zero-order chi connectivity index (χ0) is 14.5. The lowest BCUT2D eigenvalue weighted by Gasteiger charge is -2.15. The summed E-state index contributed by atoms with van der Waals surface area (Å²) in [6.45, 7) is 3.10. The van der Waals surface area contributed by atoms with E-state index in [1.54, 1.807) is 24.4 Å². The number of carboxylic acids is 1. The number of carbonyl (C=O) groups is 2. The van der Waals surface area contributed by atoms with Crippen molar-refractivity contribution in [2.24, 2.45) is 11.8 Å². The van der Waals surface area contributed by atoms with Gasteiger partial charge in [0.05, 0.1) is 12.5 Å². The number of likely N-dealkylation sites (tertiary alicyclic amines) is 1. The Labute approximate surface area is 117 Å². The van der Waals surface area contributed by atoms with E-state index in [1.807, 2.05) is 11.8 Å². The molecule has 1 fully saturated rings. The van der Waals surface area contributed by atoms with Gasteiger partial charge in [0.1, 0.15) is 5.82 Å². The molecule has 20 heavy (non-hydrogen) atoms. The number of amides is 1. The van der Waals surface area contributed by atoms with Crippen molar-refractivity contribution < 1.29 is 14.7 Å². The molecule has 2 heterocycles. The molecular weight excluding hydrogens is 260 g/mol. The molecule has 108 valence electrons. The third-order valence-electron chi connectivity index (χ3n) is 3.37. The monoisotopic (exact) mass is 278 g/mol. The van der Waals surface area contributed by atoms with Crippen molar-refractivity contribution in [2.75, 3.05) is 25.1 Å². The third-order valence-corrected chi connectivity index (χ3v) is 3.37. The van der Waals surface area contributed by atoms with Gasteiger partial charge in [-0.3, -0.25) is 25.3 Å². The molecule has 1 saturated heterocycles. The van der Waals surface area contributed by atoms with Crippen LogP contribution in [0.3, 0.4) is 0 Å². The highest BCUT2D eigenvalue weighted by atomic mass is 16.4. The Morgan fingerprint density at radius 2 is 2.25 bits per heavy atom. The van der Waals surface area contributed by atoms with E-state index in [4.69, 9.17) is 5.11 Å². The number of hydrogen-bond acceptors (Lipinski definition) is 5. The lowest BCUT2D eigenvalue weighted by atomic mass is 9.99. The summed E-state index contributed by atoms with van der Waals surface area (Å²) in [4.78, 5) is 28.6. The number of rotatable bonds is 5. The second-order valence-electron chi connectivity index (χ2n) is 5.00. The van der Waals surface area contributed by atoms with E-state index in [0.717, 1.165) is 0 Å². The third kappa shape index (κ3) is 3.67. The number of anilines is 1. The van der Waals surface area contributed by atoms with Gasteiger partial charge >= 0.3 is 5.97 Å². The summed E-state index contributed by atoms with van der Waals surface area (Å²) < 4.78 is 0. The first-order valence-electron chi connectivity index (χ1n) is 6.47. The highest BCUT2D eigenvalue weighted by Crippen LogP contribution is 2.22. The maximum atomic E-state index is 11.8. The zero-order valence-electron chi connectivity index (χ0n) is 11.2. The van der Waals surface area contributed by atoms with E-state index in [-0.39, 0.29) is 18.4 Å². The van der Waals surface area contributed by atoms with E-state index in [9.17, 15) is 9.59 Å². The fourth-order valence-corrected chi connectivity index (χ4v) is 2.33. The quantitative estimate of drug-likeness (QED) is 0.665. The Kier molecular flexibility index (Phi) is 4.52. The second-order valence-corrected chi connectivity index (χ2v) is 5.00. The summed E-state index contributed by atoms with van der Waals surface area (Å²) in [6.07, 6.45) is 1.62. The number of carbonyl (C=O) groups excluding carboxylic acids is 1. The van der Waals surface area contributed by atoms with Crippen LogP contribution in [0.25, 0.3) is 0 Å². The van der Waals surface area contributed by atoms with Gasteiger partial charge in [0, 0.05) is 19.3 Å². The number of aromatic nitrogens is 1. The van der Waals surface area contributed by atoms with Crippen molar-refractivity contribution in [1.82, 2.24) is 15.3 Å². The predicted octanol–water partition coefficient (Wildman–Crippen LogP) is 0.177. The number of pyridine rings is 1. The number of nitrogens with one attached hydrogen (secondary N) is 2. The Morgan fingerprint density at radius 1 is 1.45 bits per heavy atom. The van der Waals surface area contributed by atoms with E-state index in [0.29, 0.717) is 18.9 Å². The fraction of sp³-hybridized carbons (Fsp3) is 0.462. The van der Waals surface area contributed by atoms with Crippen LogP contribution in [-0.2, 0) is 9.59 Å². The maximum absolute atomic E-state index is 11.8. The summed E-state index contributed by atoms with van der Waals surface area (Å²) in [5.41, 5.74) is 5.25. The van der Waals surface area contributed by atoms with Crippen LogP contribution >= 0.6 is 0 Å². The van der Waals surface area contributed by atoms with Gasteiger partial charge in [0.15, 0.2) is 0 Å². The molecule has 1 amide bonds. The number of hydrogen-bond donors (Lipinski definition) is 3. The molecule has 2 atom stereocenters. The van der Waals surface area contributed by atoms with Gasteiger partial charge in [0.25, 0.3) is 5.91 Å². The molecule has 0 spiro atoms. The van der Waals surface area contributed by atoms with Crippen LogP contribution < -0.4 is 10.9 Å². The minimum absolute atomic E-state index is 0.0593. The minimum Gasteiger partial charge on any atom is -0.481 e. The van der Waals surface area contributed by atoms with Crippen LogP contribution in [0.1, 0.15) is 6.92 Å². The molecule has 1 aliphatic heterocycles. The molecule has 0 unspecified atom stereocenters. The average molecular weight is 278 g/mol. The minimum atomic E-state index is -0.799. The molecule has 0 bridgehead atoms. The van der Waals surface area contributed by atoms with Gasteiger partial charge in [-0.2, -0.15) is 0 Å². The van der Waals surface area contributed by atoms with Crippen molar-refractivity contribution in [3.63, 3.8) is 0 Å². The number of carboxylic acid groups (broad SMARTS) is 1. The Morgan fingerprint density at radius 3 is 2.85 bits per heavy atom. The molecule has 1 aromatic rings. The van der Waals surface area contributed by atoms with E-state index >= 15 is 0 Å². The molecule has 0 saturated carbocycles. The first-order chi connectivity index (χ1) is 9.56. The highest BCUT2D eigenvalue weighted by Gasteiger charge is 2.35. The van der Waals surface area contributed by atoms with Gasteiger partial charge in [-0.25, -0.2) is 4.98 Å². The Hall–Kier alpha value is -2.15. The topological polar surface area (TPSA) is 94.6 Å². The van der Waals surface area contributed by atoms with Crippen molar-refractivity contribution in [1.29, 1.82) is 0 Å². The predicted molar refractivity (Wildman–Crippen MR) is 72.7 cm³/mol. The van der Waals surface area contributed by atoms with Gasteiger partial charge < -0.3 is 5.11 Å². The van der Waals surface area contributed by atoms with Gasteiger partial charge in [-0.15, -0.1) is 0 Å². The largest absolute Gasteiger partial charge is 0.481 e. The molecule has 7 heteroatoms. The normalized spacial score (nSPS) is 22.4. The van der Waals surface area contributed by atoms with Gasteiger partial charge in [-0.1, -0.05) is 13.0 Å². The van der Waals surface area contributed by atoms with Crippen LogP contribution in [0.2, 0.25) is 0 Å². The van der Waals surface area contributed by atoms with Crippen LogP contribution in [-0.4, -0.2) is 46.5 Å². The van der Waals surface area contributed by atoms with Crippen LogP contribution in [0.15, 0.2) is 24.4 Å². The van der Waals surface area contributed by atoms with Crippen LogP contribution in [0, 0.1) is 11.8 Å². The van der Waals surface area contributed by atoms with Crippen molar-refractivity contribution in [3.8, 4) is 0 Å². The van der Waals surface area contributed by atoms with E-state index in [2.05, 4.69) is 15.8 Å². The molecule has 1 aromatic heterocycles. The zero-order valence-corrected chi connectivity index (χ0v) is 11.2. The number of aliphatic carboxylic acids is 1. The molecule has 2 rings (SSSR count). The molecule has 0 aromatic carbocycles. The first-order valence-corrected chi connectivity index (χ1v) is 6.47. The van der Waals surface area contributed by atoms with Gasteiger partial charge in [0.2, 0.25) is 0 Å². The van der Waals surface area contributed by atoms with Crippen molar-refractivity contribution >= 4 is 17.7 Å². The number of nitrogens with zero attached hydrogens (tertiary/aromatic N) is 2. The molecule has 0 radical (unpaired) electrons. The van der Waals surface area contributed by atoms with Gasteiger partial charge in [-0.05, 0) is 18.1 Å². The summed E-state index contributed by atoms with van der Waals surface area (Å²) in [7, 11) is 0. The van der Waals surface area contributed by atoms with E-state index < -0.39 is 11.9 Å². The standard InChI is InChI=1S/C13H18N4O3/c1-9-6-17(7-10(9)13(19)20)8-12(18)16-15-11-4-2-3-5-14-11/h2-5,9-10H,6-8H2,1H3,(H,14,15)(H,16,18)(H,19,20)/t9-,10-/m1/s1. The van der Waals surface area contributed by atoms with Crippen molar-refractivity contribution in [2.45, 2.75) is 6.92 Å². The Bertz CT molecular complexity index is 480. The summed E-state index contributed by atoms with van der Waals surface area (Å²) >= 11 is 0. The SMILES string of the molecule is C[C@@H]1CN(CC(=O)NNc2ccccn2)C[C@H]1C(=O)O. The fourth-order valence-electron chi connectivity index (χ4n) is 2.33. The highest BCUT2D eigenvalue weighted by molar-refractivity contribution is 5.79. The molecule has 0 aliphatic carbocycles. The smallest absolute Gasteiger partial charge is 0.308 e. The van der Waals surface area contributed by atoms with E-state index in [1.165, 1.54) is 0 Å². The molecular formula is C13H18N4O3. The summed E-state index contributed by atoms with van der Waals surface area (Å²) in [5, 5.41) is 9.04. The summed E-state index contributed by atoms with van der Waals surface area (Å²) in [6, 6.07) is 5.32. The summed E-state index contributed by atoms with van der Waals surface area (Å²) in [5.74, 6) is -0.796. The van der Waals surface area contributed by atoms with Crippen LogP contribution in [0.5, 0.6) is 0 Å². The molecule has 7 nitrogen and oxygen atoms in total. The second kappa shape index (κ2) is 6.33. The molecule has 1 aliphatic rings. The van der Waals surface area contributed by atoms with Crippen LogP contribution in [0.4, 0.5) is 5.82 Å². The lowest BCUT2D eigenvalue weighted by molar-refractivity contribution is -0.142.